The van der Waals surface area contributed by atoms with Gasteiger partial charge in [0.05, 0.1) is 6.54 Å². The summed E-state index contributed by atoms with van der Waals surface area (Å²) < 4.78 is 9.91. The molecule has 0 aliphatic heterocycles. The van der Waals surface area contributed by atoms with E-state index in [9.17, 15) is 4.79 Å². The molecule has 2 N–H and O–H groups in total. The zero-order valence-corrected chi connectivity index (χ0v) is 11.9. The standard InChI is InChI=1S/C13H19ClN2O3/c1-18-12(19-2)9-16-13(17)15-7-6-10-4-3-5-11(14)8-10/h3-5,8,12H,6-7,9H2,1-2H3,(H2,15,16,17). The molecule has 0 spiro atoms. The van der Waals surface area contributed by atoms with Gasteiger partial charge in [-0.2, -0.15) is 0 Å². The van der Waals surface area contributed by atoms with Gasteiger partial charge in [0.25, 0.3) is 0 Å². The van der Waals surface area contributed by atoms with Crippen LogP contribution in [-0.2, 0) is 15.9 Å². The molecule has 0 fully saturated rings. The normalized spacial score (nSPS) is 10.5. The molecule has 6 heteroatoms. The first kappa shape index (κ1) is 15.8. The van der Waals surface area contributed by atoms with Crippen LogP contribution in [0.25, 0.3) is 0 Å². The lowest BCUT2D eigenvalue weighted by molar-refractivity contribution is -0.0971. The van der Waals surface area contributed by atoms with Crippen molar-refractivity contribution in [3.8, 4) is 0 Å². The molecule has 1 aromatic carbocycles. The molecule has 0 saturated carbocycles. The number of hydrogen-bond donors (Lipinski definition) is 2. The Morgan fingerprint density at radius 3 is 2.68 bits per heavy atom. The number of carbonyl (C=O) groups is 1. The molecular weight excluding hydrogens is 268 g/mol. The van der Waals surface area contributed by atoms with Crippen LogP contribution in [0.5, 0.6) is 0 Å². The van der Waals surface area contributed by atoms with Crippen molar-refractivity contribution in [3.63, 3.8) is 0 Å². The third kappa shape index (κ3) is 6.42. The van der Waals surface area contributed by atoms with Gasteiger partial charge in [0.15, 0.2) is 6.29 Å². The Morgan fingerprint density at radius 1 is 1.32 bits per heavy atom. The largest absolute Gasteiger partial charge is 0.354 e. The Morgan fingerprint density at radius 2 is 2.05 bits per heavy atom. The summed E-state index contributed by atoms with van der Waals surface area (Å²) in [5, 5.41) is 6.11. The van der Waals surface area contributed by atoms with Gasteiger partial charge < -0.3 is 20.1 Å². The number of urea groups is 1. The van der Waals surface area contributed by atoms with Crippen molar-refractivity contribution in [1.29, 1.82) is 0 Å². The Balaban J connectivity index is 2.20. The third-order valence-corrected chi connectivity index (χ3v) is 2.78. The van der Waals surface area contributed by atoms with E-state index in [0.717, 1.165) is 12.0 Å². The number of rotatable bonds is 7. The zero-order chi connectivity index (χ0) is 14.1. The van der Waals surface area contributed by atoms with E-state index in [0.29, 0.717) is 18.1 Å². The number of carbonyl (C=O) groups excluding carboxylic acids is 1. The lowest BCUT2D eigenvalue weighted by Crippen LogP contribution is -2.41. The minimum absolute atomic E-state index is 0.249. The lowest BCUT2D eigenvalue weighted by Gasteiger charge is -2.14. The number of hydrogen-bond acceptors (Lipinski definition) is 3. The van der Waals surface area contributed by atoms with Crippen molar-refractivity contribution in [2.75, 3.05) is 27.3 Å². The van der Waals surface area contributed by atoms with Crippen LogP contribution in [-0.4, -0.2) is 39.6 Å². The fraction of sp³-hybridized carbons (Fsp3) is 0.462. The number of methoxy groups -OCH3 is 2. The quantitative estimate of drug-likeness (QED) is 0.752. The first-order valence-corrected chi connectivity index (χ1v) is 6.35. The van der Waals surface area contributed by atoms with E-state index in [-0.39, 0.29) is 6.03 Å². The molecule has 2 amide bonds. The zero-order valence-electron chi connectivity index (χ0n) is 11.1. The molecule has 0 radical (unpaired) electrons. The average molecular weight is 287 g/mol. The van der Waals surface area contributed by atoms with E-state index in [1.54, 1.807) is 0 Å². The van der Waals surface area contributed by atoms with E-state index < -0.39 is 6.29 Å². The number of amides is 2. The Bertz CT molecular complexity index is 397. The van der Waals surface area contributed by atoms with E-state index in [1.165, 1.54) is 14.2 Å². The van der Waals surface area contributed by atoms with Crippen molar-refractivity contribution < 1.29 is 14.3 Å². The summed E-state index contributed by atoms with van der Waals surface area (Å²) in [7, 11) is 3.04. The van der Waals surface area contributed by atoms with Gasteiger partial charge in [-0.1, -0.05) is 23.7 Å². The minimum Gasteiger partial charge on any atom is -0.354 e. The minimum atomic E-state index is -0.432. The summed E-state index contributed by atoms with van der Waals surface area (Å²) >= 11 is 5.88. The second-order valence-electron chi connectivity index (χ2n) is 3.92. The Hall–Kier alpha value is -1.30. The highest BCUT2D eigenvalue weighted by Gasteiger charge is 2.06. The molecule has 0 saturated heterocycles. The van der Waals surface area contributed by atoms with Gasteiger partial charge in [-0.05, 0) is 24.1 Å². The Kier molecular flexibility index (Phi) is 7.25. The molecule has 0 bridgehead atoms. The first-order chi connectivity index (χ1) is 9.15. The van der Waals surface area contributed by atoms with Gasteiger partial charge in [-0.25, -0.2) is 4.79 Å². The summed E-state index contributed by atoms with van der Waals surface area (Å²) in [5.74, 6) is 0. The van der Waals surface area contributed by atoms with Crippen LogP contribution >= 0.6 is 11.6 Å². The molecule has 5 nitrogen and oxygen atoms in total. The SMILES string of the molecule is COC(CNC(=O)NCCc1cccc(Cl)c1)OC. The van der Waals surface area contributed by atoms with Gasteiger partial charge in [-0.15, -0.1) is 0 Å². The summed E-state index contributed by atoms with van der Waals surface area (Å²) in [6.07, 6.45) is 0.296. The monoisotopic (exact) mass is 286 g/mol. The molecule has 0 unspecified atom stereocenters. The summed E-state index contributed by atoms with van der Waals surface area (Å²) in [6.45, 7) is 0.840. The average Bonchev–Trinajstić information content (AvgIpc) is 2.40. The fourth-order valence-electron chi connectivity index (χ4n) is 1.51. The summed E-state index contributed by atoms with van der Waals surface area (Å²) in [6, 6.07) is 7.31. The highest BCUT2D eigenvalue weighted by molar-refractivity contribution is 6.30. The smallest absolute Gasteiger partial charge is 0.314 e. The van der Waals surface area contributed by atoms with Gasteiger partial charge >= 0.3 is 6.03 Å². The van der Waals surface area contributed by atoms with Crippen molar-refractivity contribution in [1.82, 2.24) is 10.6 Å². The number of ether oxygens (including phenoxy) is 2. The second kappa shape index (κ2) is 8.74. The number of nitrogens with one attached hydrogen (secondary N) is 2. The van der Waals surface area contributed by atoms with Crippen molar-refractivity contribution >= 4 is 17.6 Å². The van der Waals surface area contributed by atoms with Crippen molar-refractivity contribution in [3.05, 3.63) is 34.9 Å². The van der Waals surface area contributed by atoms with Gasteiger partial charge in [0.1, 0.15) is 0 Å². The van der Waals surface area contributed by atoms with Gasteiger partial charge in [0, 0.05) is 25.8 Å². The van der Waals surface area contributed by atoms with Crippen LogP contribution in [0, 0.1) is 0 Å². The molecule has 0 aliphatic carbocycles. The van der Waals surface area contributed by atoms with Crippen LogP contribution < -0.4 is 10.6 Å². The Labute approximate surface area is 118 Å². The molecule has 1 aromatic rings. The number of benzene rings is 1. The molecule has 0 atom stereocenters. The van der Waals surface area contributed by atoms with Crippen molar-refractivity contribution in [2.24, 2.45) is 0 Å². The van der Waals surface area contributed by atoms with Crippen LogP contribution in [0.15, 0.2) is 24.3 Å². The first-order valence-electron chi connectivity index (χ1n) is 5.97. The molecule has 19 heavy (non-hydrogen) atoms. The van der Waals surface area contributed by atoms with Crippen molar-refractivity contribution in [2.45, 2.75) is 12.7 Å². The predicted octanol–water partition coefficient (Wildman–Crippen LogP) is 1.80. The number of halogens is 1. The van der Waals surface area contributed by atoms with Gasteiger partial charge in [-0.3, -0.25) is 0 Å². The maximum atomic E-state index is 11.5. The van der Waals surface area contributed by atoms with E-state index in [1.807, 2.05) is 24.3 Å². The van der Waals surface area contributed by atoms with Crippen LogP contribution in [0.4, 0.5) is 4.79 Å². The second-order valence-corrected chi connectivity index (χ2v) is 4.35. The maximum absolute atomic E-state index is 11.5. The molecule has 0 aromatic heterocycles. The molecule has 1 rings (SSSR count). The molecular formula is C13H19ClN2O3. The van der Waals surface area contributed by atoms with E-state index >= 15 is 0 Å². The molecule has 0 heterocycles. The van der Waals surface area contributed by atoms with E-state index in [4.69, 9.17) is 21.1 Å². The molecule has 0 aliphatic rings. The van der Waals surface area contributed by atoms with Gasteiger partial charge in [0.2, 0.25) is 0 Å². The predicted molar refractivity (Wildman–Crippen MR) is 74.4 cm³/mol. The molecule has 106 valence electrons. The lowest BCUT2D eigenvalue weighted by atomic mass is 10.1. The third-order valence-electron chi connectivity index (χ3n) is 2.54. The fourth-order valence-corrected chi connectivity index (χ4v) is 1.73. The van der Waals surface area contributed by atoms with Crippen LogP contribution in [0.2, 0.25) is 5.02 Å². The van der Waals surface area contributed by atoms with Crippen LogP contribution in [0.1, 0.15) is 5.56 Å². The highest BCUT2D eigenvalue weighted by Crippen LogP contribution is 2.10. The van der Waals surface area contributed by atoms with Crippen LogP contribution in [0.3, 0.4) is 0 Å². The highest BCUT2D eigenvalue weighted by atomic mass is 35.5. The maximum Gasteiger partial charge on any atom is 0.314 e. The van der Waals surface area contributed by atoms with E-state index in [2.05, 4.69) is 10.6 Å². The summed E-state index contributed by atoms with van der Waals surface area (Å²) in [4.78, 5) is 11.5. The topological polar surface area (TPSA) is 59.6 Å². The summed E-state index contributed by atoms with van der Waals surface area (Å²) in [5.41, 5.74) is 1.08.